The Balaban J connectivity index is 2.17. The quantitative estimate of drug-likeness (QED) is 0.0524. The van der Waals surface area contributed by atoms with Crippen LogP contribution in [-0.2, 0) is 29.6 Å². The van der Waals surface area contributed by atoms with Gasteiger partial charge in [0.15, 0.2) is 5.78 Å². The molecule has 2 aromatic carbocycles. The first-order valence-electron chi connectivity index (χ1n) is 21.0. The number of carbonyl (C=O) groups is 2. The summed E-state index contributed by atoms with van der Waals surface area (Å²) in [7, 11) is -7.51. The van der Waals surface area contributed by atoms with E-state index in [4.69, 9.17) is 16.3 Å². The molecule has 0 fully saturated rings. The van der Waals surface area contributed by atoms with Crippen LogP contribution in [0.2, 0.25) is 5.02 Å². The van der Waals surface area contributed by atoms with Crippen molar-refractivity contribution in [3.8, 4) is 5.75 Å². The average molecular weight is 841 g/mol. The molecule has 2 atom stereocenters. The molecule has 56 heavy (non-hydrogen) atoms. The summed E-state index contributed by atoms with van der Waals surface area (Å²) < 4.78 is 64.6. The summed E-state index contributed by atoms with van der Waals surface area (Å²) in [5.41, 5.74) is -0.612. The van der Waals surface area contributed by atoms with Gasteiger partial charge in [0.2, 0.25) is 26.2 Å². The van der Waals surface area contributed by atoms with Gasteiger partial charge in [-0.15, -0.1) is 0 Å². The molecule has 0 aliphatic heterocycles. The number of ketones is 1. The van der Waals surface area contributed by atoms with Crippen molar-refractivity contribution in [2.75, 3.05) is 20.5 Å². The highest BCUT2D eigenvalue weighted by Gasteiger charge is 2.38. The van der Waals surface area contributed by atoms with Crippen LogP contribution >= 0.6 is 11.6 Å². The third-order valence-electron chi connectivity index (χ3n) is 9.79. The number of carbonyl (C=O) groups excluding carboxylic acids is 2. The minimum atomic E-state index is -3.84. The zero-order valence-corrected chi connectivity index (χ0v) is 37.3. The first-order valence-corrected chi connectivity index (χ1v) is 24.5. The maximum Gasteiger partial charge on any atom is 0.273 e. The van der Waals surface area contributed by atoms with Gasteiger partial charge >= 0.3 is 0 Å². The van der Waals surface area contributed by atoms with Gasteiger partial charge in [-0.1, -0.05) is 168 Å². The van der Waals surface area contributed by atoms with Crippen molar-refractivity contribution in [2.45, 2.75) is 175 Å². The zero-order chi connectivity index (χ0) is 41.6. The van der Waals surface area contributed by atoms with Crippen molar-refractivity contribution in [2.24, 2.45) is 5.41 Å². The molecule has 0 saturated heterocycles. The number of halogens is 1. The molecule has 0 radical (unpaired) electrons. The Morgan fingerprint density at radius 2 is 1.23 bits per heavy atom. The van der Waals surface area contributed by atoms with Gasteiger partial charge in [0.1, 0.15) is 5.75 Å². The van der Waals surface area contributed by atoms with E-state index in [1.807, 2.05) is 6.92 Å². The zero-order valence-electron chi connectivity index (χ0n) is 34.9. The molecule has 13 heteroatoms. The minimum Gasteiger partial charge on any atom is -0.470 e. The van der Waals surface area contributed by atoms with E-state index in [9.17, 15) is 26.4 Å². The second-order valence-electron chi connectivity index (χ2n) is 16.0. The fourth-order valence-corrected chi connectivity index (χ4v) is 9.46. The Labute approximate surface area is 344 Å². The van der Waals surface area contributed by atoms with Gasteiger partial charge < -0.3 is 10.1 Å². The average Bonchev–Trinajstić information content (AvgIpc) is 3.13. The molecule has 0 aliphatic rings. The monoisotopic (exact) mass is 839 g/mol. The molecule has 0 spiro atoms. The maximum absolute atomic E-state index is 13.9. The number of ether oxygens (including phenoxy) is 1. The van der Waals surface area contributed by atoms with E-state index < -0.39 is 48.5 Å². The molecule has 1 amide bonds. The number of hydrogen-bond donors (Lipinski definition) is 3. The van der Waals surface area contributed by atoms with Gasteiger partial charge in [-0.2, -0.15) is 0 Å². The molecule has 10 nitrogen and oxygen atoms in total. The molecule has 318 valence electrons. The number of unbranched alkanes of at least 4 members (excludes halogenated alkanes) is 14. The van der Waals surface area contributed by atoms with Crippen molar-refractivity contribution >= 4 is 60.4 Å². The number of amides is 1. The predicted molar refractivity (Wildman–Crippen MR) is 234 cm³/mol. The fourth-order valence-electron chi connectivity index (χ4n) is 6.46. The first kappa shape index (κ1) is 49.3. The number of nitrogens with one attached hydrogen (secondary N) is 3. The number of para-hydroxylation sites is 2. The van der Waals surface area contributed by atoms with Crippen LogP contribution in [0, 0.1) is 5.41 Å². The third-order valence-corrected chi connectivity index (χ3v) is 13.3. The van der Waals surface area contributed by atoms with Crippen molar-refractivity contribution in [1.82, 2.24) is 0 Å². The highest BCUT2D eigenvalue weighted by molar-refractivity contribution is 7.93. The lowest BCUT2D eigenvalue weighted by molar-refractivity contribution is -0.140. The SMILES string of the molecule is CCCCCCCCCCCCS(=O)(=O)Nc1ccc(Cl)c(NC(=O)C(Oc2ccccc2NS(=O)(=O)C(CCC)CCCCCCCC)C(=O)C(C)(C)C)c1. The summed E-state index contributed by atoms with van der Waals surface area (Å²) in [4.78, 5) is 27.6. The smallest absolute Gasteiger partial charge is 0.273 e. The second kappa shape index (κ2) is 25.5. The van der Waals surface area contributed by atoms with Gasteiger partial charge in [0.05, 0.1) is 33.1 Å². The molecule has 0 aliphatic carbocycles. The summed E-state index contributed by atoms with van der Waals surface area (Å²) in [5.74, 6) is -1.42. The number of rotatable bonds is 30. The highest BCUT2D eigenvalue weighted by atomic mass is 35.5. The van der Waals surface area contributed by atoms with E-state index in [0.29, 0.717) is 25.7 Å². The highest BCUT2D eigenvalue weighted by Crippen LogP contribution is 2.32. The second-order valence-corrected chi connectivity index (χ2v) is 20.2. The van der Waals surface area contributed by atoms with Gasteiger partial charge in [0, 0.05) is 5.41 Å². The Hall–Kier alpha value is -2.83. The van der Waals surface area contributed by atoms with E-state index in [2.05, 4.69) is 28.6 Å². The van der Waals surface area contributed by atoms with E-state index in [0.717, 1.165) is 51.4 Å². The number of sulfonamides is 2. The lowest BCUT2D eigenvalue weighted by atomic mass is 9.87. The van der Waals surface area contributed by atoms with E-state index >= 15 is 0 Å². The summed E-state index contributed by atoms with van der Waals surface area (Å²) in [5, 5.41) is 2.17. The number of benzene rings is 2. The Kier molecular flexibility index (Phi) is 22.5. The lowest BCUT2D eigenvalue weighted by Gasteiger charge is -2.26. The number of anilines is 3. The number of Topliss-reactive ketones (excluding diaryl/α,β-unsaturated/α-hetero) is 1. The van der Waals surface area contributed by atoms with Gasteiger partial charge in [0.25, 0.3) is 5.91 Å². The molecule has 2 unspecified atom stereocenters. The fraction of sp³-hybridized carbons (Fsp3) is 0.674. The van der Waals surface area contributed by atoms with Crippen LogP contribution in [-0.4, -0.2) is 45.6 Å². The molecular formula is C43H70ClN3O7S2. The van der Waals surface area contributed by atoms with E-state index in [-0.39, 0.29) is 33.6 Å². The Morgan fingerprint density at radius 1 is 0.679 bits per heavy atom. The molecule has 3 N–H and O–H groups in total. The van der Waals surface area contributed by atoms with Crippen LogP contribution in [0.4, 0.5) is 17.1 Å². The minimum absolute atomic E-state index is 0.0169. The normalized spacial score (nSPS) is 13.2. The molecule has 2 aromatic rings. The molecule has 0 saturated carbocycles. The molecule has 0 aromatic heterocycles. The predicted octanol–water partition coefficient (Wildman–Crippen LogP) is 11.7. The van der Waals surface area contributed by atoms with E-state index in [1.54, 1.807) is 39.0 Å². The summed E-state index contributed by atoms with van der Waals surface area (Å²) in [6, 6.07) is 10.7. The molecular weight excluding hydrogens is 770 g/mol. The van der Waals surface area contributed by atoms with Crippen LogP contribution in [0.15, 0.2) is 42.5 Å². The number of hydrogen-bond acceptors (Lipinski definition) is 7. The van der Waals surface area contributed by atoms with Gasteiger partial charge in [-0.3, -0.25) is 19.0 Å². The summed E-state index contributed by atoms with van der Waals surface area (Å²) in [6.45, 7) is 11.3. The van der Waals surface area contributed by atoms with Crippen LogP contribution in [0.3, 0.4) is 0 Å². The lowest BCUT2D eigenvalue weighted by Crippen LogP contribution is -2.45. The molecule has 2 rings (SSSR count). The van der Waals surface area contributed by atoms with Crippen LogP contribution in [0.25, 0.3) is 0 Å². The molecule has 0 bridgehead atoms. The van der Waals surface area contributed by atoms with Crippen LogP contribution in [0.5, 0.6) is 5.75 Å². The maximum atomic E-state index is 13.9. The standard InChI is InChI=1S/C43H70ClN3O7S2/c1-7-10-12-14-16-17-18-19-21-25-32-55(50,51)46-34-30-31-36(44)38(33-34)45-42(49)40(41(48)43(4,5)6)54-39-29-24-23-28-37(39)47-56(52,53)35(26-9-3)27-22-20-15-13-11-8-2/h23-24,28-31,33,35,40,46-47H,7-22,25-27,32H2,1-6H3,(H,45,49). The third kappa shape index (κ3) is 18.6. The Morgan fingerprint density at radius 3 is 1.80 bits per heavy atom. The summed E-state index contributed by atoms with van der Waals surface area (Å²) in [6.07, 6.45) is 17.2. The molecule has 0 heterocycles. The van der Waals surface area contributed by atoms with Crippen LogP contribution < -0.4 is 19.5 Å². The van der Waals surface area contributed by atoms with Crippen molar-refractivity contribution in [3.05, 3.63) is 47.5 Å². The van der Waals surface area contributed by atoms with Gasteiger partial charge in [-0.25, -0.2) is 16.8 Å². The topological polar surface area (TPSA) is 148 Å². The first-order chi connectivity index (χ1) is 26.5. The van der Waals surface area contributed by atoms with E-state index in [1.165, 1.54) is 69.2 Å². The van der Waals surface area contributed by atoms with Crippen molar-refractivity contribution in [3.63, 3.8) is 0 Å². The Bertz CT molecular complexity index is 1700. The van der Waals surface area contributed by atoms with Crippen molar-refractivity contribution < 1.29 is 31.2 Å². The van der Waals surface area contributed by atoms with Crippen LogP contribution in [0.1, 0.15) is 164 Å². The summed E-state index contributed by atoms with van der Waals surface area (Å²) >= 11 is 6.45. The largest absolute Gasteiger partial charge is 0.470 e. The van der Waals surface area contributed by atoms with Gasteiger partial charge in [-0.05, 0) is 49.6 Å². The van der Waals surface area contributed by atoms with Crippen molar-refractivity contribution in [1.29, 1.82) is 0 Å².